The SMILES string of the molecule is NC(=O)OCCNS(=O)(=O)c1cc(N)ccc1Cl. The molecule has 1 aromatic rings. The van der Waals surface area contributed by atoms with Gasteiger partial charge in [-0.05, 0) is 18.2 Å². The number of halogens is 1. The lowest BCUT2D eigenvalue weighted by Crippen LogP contribution is -2.29. The van der Waals surface area contributed by atoms with Gasteiger partial charge in [0, 0.05) is 12.2 Å². The van der Waals surface area contributed by atoms with Crippen LogP contribution in [-0.4, -0.2) is 27.7 Å². The van der Waals surface area contributed by atoms with E-state index in [1.807, 2.05) is 0 Å². The molecular weight excluding hydrogens is 282 g/mol. The van der Waals surface area contributed by atoms with E-state index >= 15 is 0 Å². The molecule has 0 saturated heterocycles. The van der Waals surface area contributed by atoms with Gasteiger partial charge in [-0.1, -0.05) is 11.6 Å². The van der Waals surface area contributed by atoms with Crippen molar-refractivity contribution in [3.63, 3.8) is 0 Å². The lowest BCUT2D eigenvalue weighted by molar-refractivity contribution is 0.159. The molecule has 0 bridgehead atoms. The molecule has 18 heavy (non-hydrogen) atoms. The molecule has 1 aromatic carbocycles. The molecule has 0 unspecified atom stereocenters. The second kappa shape index (κ2) is 5.89. The number of nitrogens with one attached hydrogen (secondary N) is 1. The highest BCUT2D eigenvalue weighted by molar-refractivity contribution is 7.89. The van der Waals surface area contributed by atoms with Crippen LogP contribution in [0.3, 0.4) is 0 Å². The standard InChI is InChI=1S/C9H12ClN3O4S/c10-7-2-1-6(11)5-8(7)18(15,16)13-3-4-17-9(12)14/h1-2,5,13H,3-4,11H2,(H2,12,14). The summed E-state index contributed by atoms with van der Waals surface area (Å²) in [5.41, 5.74) is 10.5. The summed E-state index contributed by atoms with van der Waals surface area (Å²) in [6.07, 6.45) is -0.976. The minimum absolute atomic E-state index is 0.0486. The highest BCUT2D eigenvalue weighted by atomic mass is 35.5. The summed E-state index contributed by atoms with van der Waals surface area (Å²) in [6.45, 7) is -0.287. The normalized spacial score (nSPS) is 11.2. The predicted octanol–water partition coefficient (Wildman–Crippen LogP) is 0.296. The predicted molar refractivity (Wildman–Crippen MR) is 66.6 cm³/mol. The van der Waals surface area contributed by atoms with Crippen LogP contribution < -0.4 is 16.2 Å². The van der Waals surface area contributed by atoms with E-state index in [4.69, 9.17) is 23.1 Å². The highest BCUT2D eigenvalue weighted by Gasteiger charge is 2.17. The number of hydrogen-bond donors (Lipinski definition) is 3. The fraction of sp³-hybridized carbons (Fsp3) is 0.222. The number of sulfonamides is 1. The summed E-state index contributed by atoms with van der Waals surface area (Å²) >= 11 is 5.76. The molecule has 0 atom stereocenters. The van der Waals surface area contributed by atoms with Gasteiger partial charge in [-0.15, -0.1) is 0 Å². The molecule has 0 radical (unpaired) electrons. The van der Waals surface area contributed by atoms with Crippen molar-refractivity contribution in [1.82, 2.24) is 4.72 Å². The maximum absolute atomic E-state index is 11.8. The number of primary amides is 1. The molecule has 0 aliphatic carbocycles. The number of hydrogen-bond acceptors (Lipinski definition) is 5. The van der Waals surface area contributed by atoms with Gasteiger partial charge in [-0.25, -0.2) is 17.9 Å². The van der Waals surface area contributed by atoms with Crippen molar-refractivity contribution in [3.05, 3.63) is 23.2 Å². The Hall–Kier alpha value is -1.51. The molecule has 0 spiro atoms. The molecule has 9 heteroatoms. The maximum Gasteiger partial charge on any atom is 0.404 e. The van der Waals surface area contributed by atoms with Gasteiger partial charge in [-0.3, -0.25) is 0 Å². The largest absolute Gasteiger partial charge is 0.448 e. The molecule has 1 amide bonds. The Bertz CT molecular complexity index is 547. The Morgan fingerprint density at radius 2 is 2.11 bits per heavy atom. The average molecular weight is 294 g/mol. The van der Waals surface area contributed by atoms with Crippen LogP contribution in [0, 0.1) is 0 Å². The van der Waals surface area contributed by atoms with Crippen LogP contribution in [-0.2, 0) is 14.8 Å². The van der Waals surface area contributed by atoms with Gasteiger partial charge in [-0.2, -0.15) is 0 Å². The van der Waals surface area contributed by atoms with Crippen LogP contribution in [0.2, 0.25) is 5.02 Å². The highest BCUT2D eigenvalue weighted by Crippen LogP contribution is 2.23. The van der Waals surface area contributed by atoms with Gasteiger partial charge in [0.15, 0.2) is 0 Å². The second-order valence-electron chi connectivity index (χ2n) is 3.26. The number of nitrogen functional groups attached to an aromatic ring is 1. The van der Waals surface area contributed by atoms with Crippen LogP contribution in [0.4, 0.5) is 10.5 Å². The number of ether oxygens (including phenoxy) is 1. The van der Waals surface area contributed by atoms with Crippen molar-refractivity contribution < 1.29 is 17.9 Å². The Morgan fingerprint density at radius 3 is 2.72 bits per heavy atom. The first kappa shape index (κ1) is 14.6. The van der Waals surface area contributed by atoms with E-state index in [0.29, 0.717) is 0 Å². The molecule has 0 aliphatic heterocycles. The molecular formula is C9H12ClN3O4S. The smallest absolute Gasteiger partial charge is 0.404 e. The van der Waals surface area contributed by atoms with Gasteiger partial charge < -0.3 is 16.2 Å². The van der Waals surface area contributed by atoms with Crippen LogP contribution >= 0.6 is 11.6 Å². The van der Waals surface area contributed by atoms with E-state index in [1.54, 1.807) is 0 Å². The number of carbonyl (C=O) groups excluding carboxylic acids is 1. The van der Waals surface area contributed by atoms with Crippen LogP contribution in [0.5, 0.6) is 0 Å². The zero-order valence-electron chi connectivity index (χ0n) is 9.22. The minimum Gasteiger partial charge on any atom is -0.448 e. The van der Waals surface area contributed by atoms with Crippen molar-refractivity contribution in [3.8, 4) is 0 Å². The molecule has 1 rings (SSSR count). The number of amides is 1. The number of anilines is 1. The van der Waals surface area contributed by atoms with Crippen LogP contribution in [0.1, 0.15) is 0 Å². The van der Waals surface area contributed by atoms with Crippen molar-refractivity contribution in [2.24, 2.45) is 5.73 Å². The lowest BCUT2D eigenvalue weighted by Gasteiger charge is -2.08. The zero-order valence-corrected chi connectivity index (χ0v) is 10.8. The summed E-state index contributed by atoms with van der Waals surface area (Å²) in [6, 6.07) is 4.10. The maximum atomic E-state index is 11.8. The van der Waals surface area contributed by atoms with E-state index in [0.717, 1.165) is 0 Å². The fourth-order valence-corrected chi connectivity index (χ4v) is 2.68. The summed E-state index contributed by atoms with van der Waals surface area (Å²) in [5.74, 6) is 0. The van der Waals surface area contributed by atoms with Crippen molar-refractivity contribution >= 4 is 33.4 Å². The number of carbonyl (C=O) groups is 1. The summed E-state index contributed by atoms with van der Waals surface area (Å²) in [4.78, 5) is 10.1. The Labute approximate surface area is 109 Å². The minimum atomic E-state index is -3.81. The molecule has 0 aliphatic rings. The third kappa shape index (κ3) is 4.06. The number of rotatable bonds is 5. The van der Waals surface area contributed by atoms with Crippen molar-refractivity contribution in [2.45, 2.75) is 4.90 Å². The van der Waals surface area contributed by atoms with E-state index in [-0.39, 0.29) is 28.8 Å². The molecule has 0 heterocycles. The summed E-state index contributed by atoms with van der Waals surface area (Å²) < 4.78 is 30.2. The van der Waals surface area contributed by atoms with Crippen molar-refractivity contribution in [2.75, 3.05) is 18.9 Å². The first-order valence-corrected chi connectivity index (χ1v) is 6.66. The zero-order chi connectivity index (χ0) is 13.8. The van der Waals surface area contributed by atoms with E-state index in [1.165, 1.54) is 18.2 Å². The third-order valence-electron chi connectivity index (χ3n) is 1.88. The molecule has 0 fully saturated rings. The van der Waals surface area contributed by atoms with Gasteiger partial charge in [0.2, 0.25) is 10.0 Å². The average Bonchev–Trinajstić information content (AvgIpc) is 2.27. The number of nitrogens with two attached hydrogens (primary N) is 2. The quantitative estimate of drug-likeness (QED) is 0.532. The van der Waals surface area contributed by atoms with Crippen molar-refractivity contribution in [1.29, 1.82) is 0 Å². The second-order valence-corrected chi connectivity index (χ2v) is 5.40. The molecule has 0 aromatic heterocycles. The molecule has 100 valence electrons. The number of benzene rings is 1. The summed E-state index contributed by atoms with van der Waals surface area (Å²) in [5, 5.41) is 0.0486. The van der Waals surface area contributed by atoms with Gasteiger partial charge in [0.1, 0.15) is 11.5 Å². The first-order chi connectivity index (χ1) is 8.33. The lowest BCUT2D eigenvalue weighted by atomic mass is 10.3. The Morgan fingerprint density at radius 1 is 1.44 bits per heavy atom. The summed E-state index contributed by atoms with van der Waals surface area (Å²) in [7, 11) is -3.81. The molecule has 0 saturated carbocycles. The van der Waals surface area contributed by atoms with Gasteiger partial charge in [0.25, 0.3) is 0 Å². The molecule has 7 nitrogen and oxygen atoms in total. The van der Waals surface area contributed by atoms with Crippen LogP contribution in [0.15, 0.2) is 23.1 Å². The Kier molecular flexibility index (Phi) is 4.76. The monoisotopic (exact) mass is 293 g/mol. The van der Waals surface area contributed by atoms with E-state index in [2.05, 4.69) is 9.46 Å². The van der Waals surface area contributed by atoms with E-state index in [9.17, 15) is 13.2 Å². The molecule has 5 N–H and O–H groups in total. The van der Waals surface area contributed by atoms with E-state index < -0.39 is 16.1 Å². The Balaban J connectivity index is 2.74. The first-order valence-electron chi connectivity index (χ1n) is 4.80. The van der Waals surface area contributed by atoms with Gasteiger partial charge >= 0.3 is 6.09 Å². The van der Waals surface area contributed by atoms with Gasteiger partial charge in [0.05, 0.1) is 5.02 Å². The third-order valence-corrected chi connectivity index (χ3v) is 3.83. The van der Waals surface area contributed by atoms with Crippen LogP contribution in [0.25, 0.3) is 0 Å². The topological polar surface area (TPSA) is 125 Å². The fourth-order valence-electron chi connectivity index (χ4n) is 1.13.